The van der Waals surface area contributed by atoms with Crippen molar-refractivity contribution in [3.8, 4) is 11.8 Å². The van der Waals surface area contributed by atoms with Gasteiger partial charge in [0, 0.05) is 12.1 Å². The monoisotopic (exact) mass is 169 g/mol. The molecule has 0 unspecified atom stereocenters. The van der Waals surface area contributed by atoms with E-state index in [2.05, 4.69) is 17.5 Å². The molecule has 0 saturated carbocycles. The van der Waals surface area contributed by atoms with Crippen LogP contribution < -0.4 is 4.84 Å². The van der Waals surface area contributed by atoms with Crippen LogP contribution in [0.25, 0.3) is 0 Å². The minimum absolute atomic E-state index is 0.446. The zero-order valence-corrected chi connectivity index (χ0v) is 5.80. The molecule has 2 radical (unpaired) electrons. The quantitative estimate of drug-likeness (QED) is 0.556. The van der Waals surface area contributed by atoms with Gasteiger partial charge in [0.25, 0.3) is 0 Å². The molecule has 0 spiro atoms. The van der Waals surface area contributed by atoms with Crippen molar-refractivity contribution >= 4 is 14.2 Å². The molecule has 0 amide bonds. The third kappa shape index (κ3) is 1.44. The van der Waals surface area contributed by atoms with Gasteiger partial charge in [-0.3, -0.25) is 4.84 Å². The number of hydrogen-bond donors (Lipinski definition) is 2. The second kappa shape index (κ2) is 3.08. The Morgan fingerprint density at radius 3 is 2.33 bits per heavy atom. The molecule has 12 heavy (non-hydrogen) atoms. The Morgan fingerprint density at radius 1 is 1.42 bits per heavy atom. The Kier molecular flexibility index (Phi) is 2.13. The average molecular weight is 169 g/mol. The Morgan fingerprint density at radius 2 is 1.92 bits per heavy atom. The van der Waals surface area contributed by atoms with Crippen LogP contribution in [0.4, 0.5) is 4.79 Å². The average Bonchev–Trinajstić information content (AvgIpc) is 2.35. The van der Waals surface area contributed by atoms with Gasteiger partial charge in [-0.2, -0.15) is 0 Å². The molecule has 1 aromatic heterocycles. The minimum atomic E-state index is -1.25. The van der Waals surface area contributed by atoms with Crippen LogP contribution in [-0.4, -0.2) is 29.1 Å². The van der Waals surface area contributed by atoms with Gasteiger partial charge in [-0.05, 0) is 0 Å². The molecule has 0 aliphatic rings. The van der Waals surface area contributed by atoms with E-state index in [0.29, 0.717) is 4.73 Å². The maximum atomic E-state index is 10.4. The number of aromatic nitrogens is 1. The summed E-state index contributed by atoms with van der Waals surface area (Å²) in [4.78, 5) is 14.6. The van der Waals surface area contributed by atoms with Crippen LogP contribution in [0.2, 0.25) is 0 Å². The van der Waals surface area contributed by atoms with Crippen molar-refractivity contribution in [3.63, 3.8) is 0 Å². The minimum Gasteiger partial charge on any atom is -0.512 e. The summed E-state index contributed by atoms with van der Waals surface area (Å²) in [5.41, 5.74) is 0. The van der Waals surface area contributed by atoms with E-state index in [9.17, 15) is 4.79 Å². The van der Waals surface area contributed by atoms with Crippen LogP contribution >= 0.6 is 0 Å². The lowest BCUT2D eigenvalue weighted by molar-refractivity contribution is 0.0732. The second-order valence-corrected chi connectivity index (χ2v) is 1.80. The Balaban J connectivity index is 2.80. The second-order valence-electron chi connectivity index (χ2n) is 1.80. The number of hydrogen-bond acceptors (Lipinski definition) is 5. The molecule has 0 aliphatic heterocycles. The van der Waals surface area contributed by atoms with Gasteiger partial charge >= 0.3 is 14.2 Å². The third-order valence-electron chi connectivity index (χ3n) is 1.06. The van der Waals surface area contributed by atoms with Crippen molar-refractivity contribution in [1.29, 1.82) is 0 Å². The normalized spacial score (nSPS) is 9.33. The van der Waals surface area contributed by atoms with Crippen molar-refractivity contribution in [2.45, 2.75) is 0 Å². The summed E-state index contributed by atoms with van der Waals surface area (Å²) in [5, 5.41) is 17.8. The molecule has 7 heteroatoms. The maximum absolute atomic E-state index is 10.4. The molecule has 0 saturated heterocycles. The van der Waals surface area contributed by atoms with Gasteiger partial charge in [-0.25, -0.2) is 4.79 Å². The first-order chi connectivity index (χ1) is 5.65. The fraction of sp³-hybridized carbons (Fsp3) is 0. The number of nitrogens with zero attached hydrogens (tertiary/aromatic N) is 1. The van der Waals surface area contributed by atoms with Gasteiger partial charge in [0.05, 0.1) is 0 Å². The summed E-state index contributed by atoms with van der Waals surface area (Å²) in [6.45, 7) is 0. The molecule has 1 heterocycles. The van der Waals surface area contributed by atoms with E-state index >= 15 is 0 Å². The maximum Gasteiger partial charge on any atom is 0.514 e. The molecular weight excluding hydrogens is 165 g/mol. The van der Waals surface area contributed by atoms with Crippen LogP contribution in [0.1, 0.15) is 0 Å². The molecule has 0 atom stereocenters. The highest BCUT2D eigenvalue weighted by atomic mass is 16.8. The van der Waals surface area contributed by atoms with Gasteiger partial charge in [0.2, 0.25) is 11.8 Å². The summed E-state index contributed by atoms with van der Waals surface area (Å²) in [7, 11) is 4.44. The van der Waals surface area contributed by atoms with Crippen molar-refractivity contribution in [3.05, 3.63) is 12.1 Å². The Bertz CT molecular complexity index is 277. The highest BCUT2D eigenvalue weighted by molar-refractivity contribution is 6.04. The summed E-state index contributed by atoms with van der Waals surface area (Å²) in [6.07, 6.45) is -1.25. The predicted octanol–water partition coefficient (Wildman–Crippen LogP) is -0.452. The first-order valence-electron chi connectivity index (χ1n) is 2.84. The summed E-state index contributed by atoms with van der Waals surface area (Å²) in [5.74, 6) is -0.893. The fourth-order valence-electron chi connectivity index (χ4n) is 0.591. The van der Waals surface area contributed by atoms with E-state index < -0.39 is 17.9 Å². The standard InChI is InChI=1S/C5H4BNO5/c6-11-5(10)12-7-3(8)1-2-4(7)9/h1-2,8-9H. The number of carbonyl (C=O) groups excluding carboxylic acids is 1. The van der Waals surface area contributed by atoms with E-state index in [-0.39, 0.29) is 0 Å². The van der Waals surface area contributed by atoms with Crippen molar-refractivity contribution in [1.82, 2.24) is 4.73 Å². The fourth-order valence-corrected chi connectivity index (χ4v) is 0.591. The highest BCUT2D eigenvalue weighted by Crippen LogP contribution is 2.18. The van der Waals surface area contributed by atoms with Gasteiger partial charge in [-0.15, -0.1) is 4.73 Å². The predicted molar refractivity (Wildman–Crippen MR) is 36.6 cm³/mol. The third-order valence-corrected chi connectivity index (χ3v) is 1.06. The molecule has 62 valence electrons. The van der Waals surface area contributed by atoms with Crippen molar-refractivity contribution in [2.24, 2.45) is 0 Å². The van der Waals surface area contributed by atoms with E-state index in [4.69, 9.17) is 10.2 Å². The zero-order chi connectivity index (χ0) is 9.14. The molecule has 2 N–H and O–H groups in total. The van der Waals surface area contributed by atoms with E-state index in [1.165, 1.54) is 0 Å². The molecule has 0 aromatic carbocycles. The SMILES string of the molecule is [B]OC(=O)On1c(O)ccc1O. The summed E-state index contributed by atoms with van der Waals surface area (Å²) in [6, 6.07) is 2.25. The number of carbonyl (C=O) groups is 1. The van der Waals surface area contributed by atoms with E-state index in [1.807, 2.05) is 0 Å². The van der Waals surface area contributed by atoms with Gasteiger partial charge in [-0.1, -0.05) is 0 Å². The molecule has 0 bridgehead atoms. The Hall–Kier alpha value is -1.79. The van der Waals surface area contributed by atoms with E-state index in [1.54, 1.807) is 0 Å². The number of aromatic hydroxyl groups is 2. The van der Waals surface area contributed by atoms with Crippen molar-refractivity contribution < 1.29 is 24.5 Å². The lowest BCUT2D eigenvalue weighted by Crippen LogP contribution is -2.18. The lowest BCUT2D eigenvalue weighted by atomic mass is 10.6. The highest BCUT2D eigenvalue weighted by Gasteiger charge is 2.10. The molecule has 1 rings (SSSR count). The van der Waals surface area contributed by atoms with Gasteiger partial charge < -0.3 is 14.9 Å². The molecule has 1 aromatic rings. The van der Waals surface area contributed by atoms with Crippen LogP contribution in [0.5, 0.6) is 11.8 Å². The molecule has 6 nitrogen and oxygen atoms in total. The molecule has 0 fully saturated rings. The first kappa shape index (κ1) is 8.31. The van der Waals surface area contributed by atoms with Gasteiger partial charge in [0.15, 0.2) is 0 Å². The van der Waals surface area contributed by atoms with Crippen LogP contribution in [0.3, 0.4) is 0 Å². The summed E-state index contributed by atoms with van der Waals surface area (Å²) >= 11 is 0. The lowest BCUT2D eigenvalue weighted by Gasteiger charge is -2.04. The Labute approximate surface area is 68.3 Å². The first-order valence-corrected chi connectivity index (χ1v) is 2.84. The van der Waals surface area contributed by atoms with Crippen molar-refractivity contribution in [2.75, 3.05) is 0 Å². The zero-order valence-electron chi connectivity index (χ0n) is 5.80. The number of rotatable bonds is 1. The molecular formula is C5H4BNO5. The van der Waals surface area contributed by atoms with Crippen LogP contribution in [0, 0.1) is 0 Å². The molecule has 0 aliphatic carbocycles. The van der Waals surface area contributed by atoms with Crippen LogP contribution in [0.15, 0.2) is 12.1 Å². The van der Waals surface area contributed by atoms with E-state index in [0.717, 1.165) is 12.1 Å². The topological polar surface area (TPSA) is 80.9 Å². The largest absolute Gasteiger partial charge is 0.514 e. The van der Waals surface area contributed by atoms with Gasteiger partial charge in [0.1, 0.15) is 0 Å². The summed E-state index contributed by atoms with van der Waals surface area (Å²) < 4.78 is 4.08. The smallest absolute Gasteiger partial charge is 0.512 e. The van der Waals surface area contributed by atoms with Crippen LogP contribution in [-0.2, 0) is 4.65 Å².